The number of hydrogen-bond acceptors (Lipinski definition) is 2. The summed E-state index contributed by atoms with van der Waals surface area (Å²) in [6.07, 6.45) is 8.68. The van der Waals surface area contributed by atoms with Gasteiger partial charge in [-0.25, -0.2) is 0 Å². The van der Waals surface area contributed by atoms with Gasteiger partial charge in [0.25, 0.3) is 0 Å². The van der Waals surface area contributed by atoms with Crippen LogP contribution in [-0.2, 0) is 4.79 Å². The van der Waals surface area contributed by atoms with Crippen LogP contribution in [0, 0.1) is 11.3 Å². The summed E-state index contributed by atoms with van der Waals surface area (Å²) in [6, 6.07) is 0.340. The molecular formula is C14H24N2OS. The minimum atomic E-state index is -0.517. The van der Waals surface area contributed by atoms with Gasteiger partial charge >= 0.3 is 0 Å². The molecule has 3 N–H and O–H groups in total. The fraction of sp³-hybridized carbons (Fsp3) is 0.857. The molecule has 0 aromatic rings. The van der Waals surface area contributed by atoms with Crippen molar-refractivity contribution in [2.24, 2.45) is 17.1 Å². The number of carbonyl (C=O) groups excluding carboxylic acids is 1. The van der Waals surface area contributed by atoms with Gasteiger partial charge in [-0.1, -0.05) is 32.0 Å². The lowest BCUT2D eigenvalue weighted by atomic mass is 9.67. The predicted octanol–water partition coefficient (Wildman–Crippen LogP) is 2.53. The molecule has 3 nitrogen and oxygen atoms in total. The van der Waals surface area contributed by atoms with E-state index < -0.39 is 5.41 Å². The maximum Gasteiger partial charge on any atom is 0.233 e. The van der Waals surface area contributed by atoms with Crippen LogP contribution in [0.5, 0.6) is 0 Å². The molecule has 1 amide bonds. The third-order valence-corrected chi connectivity index (χ3v) is 5.26. The van der Waals surface area contributed by atoms with E-state index in [1.165, 1.54) is 19.3 Å². The average Bonchev–Trinajstić information content (AvgIpc) is 2.28. The largest absolute Gasteiger partial charge is 0.392 e. The SMILES string of the molecule is CCC1CCC(NC(=O)C2(C(N)=S)CCC2)CC1. The highest BCUT2D eigenvalue weighted by Crippen LogP contribution is 2.42. The summed E-state index contributed by atoms with van der Waals surface area (Å²) in [6.45, 7) is 2.25. The Hall–Kier alpha value is -0.640. The van der Waals surface area contributed by atoms with Crippen molar-refractivity contribution < 1.29 is 4.79 Å². The number of amides is 1. The zero-order valence-electron chi connectivity index (χ0n) is 11.2. The Labute approximate surface area is 115 Å². The molecule has 0 unspecified atom stereocenters. The summed E-state index contributed by atoms with van der Waals surface area (Å²) in [5.41, 5.74) is 5.24. The molecule has 2 saturated carbocycles. The normalized spacial score (nSPS) is 30.3. The van der Waals surface area contributed by atoms with Gasteiger partial charge in [-0.2, -0.15) is 0 Å². The third kappa shape index (κ3) is 2.53. The zero-order chi connectivity index (χ0) is 13.2. The molecule has 0 saturated heterocycles. The molecule has 18 heavy (non-hydrogen) atoms. The van der Waals surface area contributed by atoms with Gasteiger partial charge in [-0.05, 0) is 44.4 Å². The summed E-state index contributed by atoms with van der Waals surface area (Å²) in [7, 11) is 0. The molecule has 0 aliphatic heterocycles. The van der Waals surface area contributed by atoms with Crippen LogP contribution in [-0.4, -0.2) is 16.9 Å². The molecule has 2 rings (SSSR count). The summed E-state index contributed by atoms with van der Waals surface area (Å²) in [5, 5.41) is 3.18. The third-order valence-electron chi connectivity index (χ3n) is 4.87. The van der Waals surface area contributed by atoms with E-state index in [9.17, 15) is 4.79 Å². The first-order chi connectivity index (χ1) is 8.58. The molecular weight excluding hydrogens is 244 g/mol. The van der Waals surface area contributed by atoms with Crippen LogP contribution in [0.4, 0.5) is 0 Å². The van der Waals surface area contributed by atoms with Gasteiger partial charge in [0.05, 0.1) is 10.4 Å². The number of nitrogens with two attached hydrogens (primary N) is 1. The van der Waals surface area contributed by atoms with Crippen molar-refractivity contribution in [2.45, 2.75) is 64.3 Å². The van der Waals surface area contributed by atoms with Gasteiger partial charge < -0.3 is 11.1 Å². The molecule has 0 atom stereocenters. The van der Waals surface area contributed by atoms with Crippen LogP contribution >= 0.6 is 12.2 Å². The van der Waals surface area contributed by atoms with Gasteiger partial charge in [0.1, 0.15) is 0 Å². The Morgan fingerprint density at radius 3 is 2.33 bits per heavy atom. The quantitative estimate of drug-likeness (QED) is 0.770. The first kappa shape index (κ1) is 13.8. The summed E-state index contributed by atoms with van der Waals surface area (Å²) in [4.78, 5) is 12.7. The summed E-state index contributed by atoms with van der Waals surface area (Å²) >= 11 is 5.08. The van der Waals surface area contributed by atoms with Crippen molar-refractivity contribution in [3.05, 3.63) is 0 Å². The van der Waals surface area contributed by atoms with Crippen LogP contribution in [0.1, 0.15) is 58.3 Å². The second-order valence-corrected chi connectivity index (χ2v) is 6.34. The molecule has 0 radical (unpaired) electrons. The van der Waals surface area contributed by atoms with Gasteiger partial charge in [0.2, 0.25) is 5.91 Å². The Morgan fingerprint density at radius 2 is 1.94 bits per heavy atom. The number of hydrogen-bond donors (Lipinski definition) is 2. The standard InChI is InChI=1S/C14H24N2OS/c1-2-10-4-6-11(7-5-10)16-13(17)14(12(15)18)8-3-9-14/h10-11H,2-9H2,1H3,(H2,15,18)(H,16,17). The van der Waals surface area contributed by atoms with Crippen LogP contribution in [0.2, 0.25) is 0 Å². The zero-order valence-corrected chi connectivity index (χ0v) is 12.0. The van der Waals surface area contributed by atoms with Crippen molar-refractivity contribution in [1.29, 1.82) is 0 Å². The van der Waals surface area contributed by atoms with E-state index in [2.05, 4.69) is 12.2 Å². The van der Waals surface area contributed by atoms with Crippen LogP contribution in [0.3, 0.4) is 0 Å². The fourth-order valence-corrected chi connectivity index (χ4v) is 3.45. The van der Waals surface area contributed by atoms with Gasteiger partial charge in [0.15, 0.2) is 0 Å². The Balaban J connectivity index is 1.86. The summed E-state index contributed by atoms with van der Waals surface area (Å²) in [5.74, 6) is 0.938. The number of carbonyl (C=O) groups is 1. The van der Waals surface area contributed by atoms with E-state index >= 15 is 0 Å². The number of nitrogens with one attached hydrogen (secondary N) is 1. The Bertz CT molecular complexity index is 331. The average molecular weight is 268 g/mol. The number of thiocarbonyl (C=S) groups is 1. The lowest BCUT2D eigenvalue weighted by Crippen LogP contribution is -2.55. The first-order valence-electron chi connectivity index (χ1n) is 7.19. The second-order valence-electron chi connectivity index (χ2n) is 5.90. The highest BCUT2D eigenvalue weighted by atomic mass is 32.1. The minimum absolute atomic E-state index is 0.0844. The highest BCUT2D eigenvalue weighted by Gasteiger charge is 2.47. The topological polar surface area (TPSA) is 55.1 Å². The maximum atomic E-state index is 12.3. The van der Waals surface area contributed by atoms with Crippen LogP contribution < -0.4 is 11.1 Å². The van der Waals surface area contributed by atoms with Crippen LogP contribution in [0.15, 0.2) is 0 Å². The molecule has 4 heteroatoms. The van der Waals surface area contributed by atoms with E-state index in [0.29, 0.717) is 11.0 Å². The maximum absolute atomic E-state index is 12.3. The molecule has 0 aromatic carbocycles. The van der Waals surface area contributed by atoms with E-state index in [0.717, 1.165) is 38.0 Å². The molecule has 2 fully saturated rings. The molecule has 0 bridgehead atoms. The van der Waals surface area contributed by atoms with Crippen molar-refractivity contribution in [1.82, 2.24) is 5.32 Å². The van der Waals surface area contributed by atoms with Crippen molar-refractivity contribution in [3.8, 4) is 0 Å². The van der Waals surface area contributed by atoms with Crippen molar-refractivity contribution in [3.63, 3.8) is 0 Å². The van der Waals surface area contributed by atoms with Gasteiger partial charge in [-0.15, -0.1) is 0 Å². The summed E-state index contributed by atoms with van der Waals surface area (Å²) < 4.78 is 0. The van der Waals surface area contributed by atoms with E-state index in [1.807, 2.05) is 0 Å². The van der Waals surface area contributed by atoms with E-state index in [-0.39, 0.29) is 5.91 Å². The smallest absolute Gasteiger partial charge is 0.233 e. The number of rotatable bonds is 4. The van der Waals surface area contributed by atoms with Crippen molar-refractivity contribution >= 4 is 23.1 Å². The first-order valence-corrected chi connectivity index (χ1v) is 7.60. The lowest BCUT2D eigenvalue weighted by Gasteiger charge is -2.41. The Kier molecular flexibility index (Phi) is 4.25. The van der Waals surface area contributed by atoms with Gasteiger partial charge in [0, 0.05) is 6.04 Å². The molecule has 2 aliphatic carbocycles. The van der Waals surface area contributed by atoms with Gasteiger partial charge in [-0.3, -0.25) is 4.79 Å². The minimum Gasteiger partial charge on any atom is -0.392 e. The monoisotopic (exact) mass is 268 g/mol. The molecule has 0 heterocycles. The molecule has 2 aliphatic rings. The lowest BCUT2D eigenvalue weighted by molar-refractivity contribution is -0.131. The second kappa shape index (κ2) is 5.55. The molecule has 0 aromatic heterocycles. The van der Waals surface area contributed by atoms with Crippen LogP contribution in [0.25, 0.3) is 0 Å². The molecule has 0 spiro atoms. The fourth-order valence-electron chi connectivity index (χ4n) is 3.15. The highest BCUT2D eigenvalue weighted by molar-refractivity contribution is 7.80. The Morgan fingerprint density at radius 1 is 1.33 bits per heavy atom. The predicted molar refractivity (Wildman–Crippen MR) is 77.2 cm³/mol. The van der Waals surface area contributed by atoms with E-state index in [4.69, 9.17) is 18.0 Å². The van der Waals surface area contributed by atoms with E-state index in [1.54, 1.807) is 0 Å². The van der Waals surface area contributed by atoms with Crippen molar-refractivity contribution in [2.75, 3.05) is 0 Å². The molecule has 102 valence electrons.